The van der Waals surface area contributed by atoms with Crippen LogP contribution >= 0.6 is 0 Å². The molecule has 0 saturated carbocycles. The lowest BCUT2D eigenvalue weighted by Crippen LogP contribution is -2.10. The van der Waals surface area contributed by atoms with Crippen molar-refractivity contribution < 1.29 is 23.9 Å². The summed E-state index contributed by atoms with van der Waals surface area (Å²) in [6.45, 7) is 0. The van der Waals surface area contributed by atoms with Crippen LogP contribution in [-0.4, -0.2) is 24.6 Å². The standard InChI is InChI=1S/C30H24O5/c1-34-26-17-18-27(24(20-26)14-19-28(31)21-8-4-2-5-9-21)29(32)22-12-15-25(16-13-22)35-30(33)23-10-6-3-7-11-23/h2-13,15-18,20H,14,19H2,1H3. The van der Waals surface area contributed by atoms with Gasteiger partial charge in [-0.25, -0.2) is 4.79 Å². The van der Waals surface area contributed by atoms with Crippen molar-refractivity contribution in [3.8, 4) is 11.5 Å². The van der Waals surface area contributed by atoms with Crippen LogP contribution in [0.3, 0.4) is 0 Å². The molecule has 0 radical (unpaired) electrons. The Kier molecular flexibility index (Phi) is 7.48. The molecular weight excluding hydrogens is 440 g/mol. The molecule has 5 heteroatoms. The Morgan fingerprint density at radius 1 is 0.657 bits per heavy atom. The fourth-order valence-electron chi connectivity index (χ4n) is 3.71. The Bertz CT molecular complexity index is 1330. The average Bonchev–Trinajstić information content (AvgIpc) is 2.92. The van der Waals surface area contributed by atoms with Crippen LogP contribution in [0.2, 0.25) is 0 Å². The van der Waals surface area contributed by atoms with Crippen LogP contribution in [-0.2, 0) is 6.42 Å². The second-order valence-corrected chi connectivity index (χ2v) is 7.92. The van der Waals surface area contributed by atoms with Gasteiger partial charge in [0.05, 0.1) is 12.7 Å². The second-order valence-electron chi connectivity index (χ2n) is 7.92. The van der Waals surface area contributed by atoms with Gasteiger partial charge < -0.3 is 9.47 Å². The van der Waals surface area contributed by atoms with Gasteiger partial charge in [0.2, 0.25) is 0 Å². The molecule has 0 aliphatic heterocycles. The molecule has 0 aromatic heterocycles. The fourth-order valence-corrected chi connectivity index (χ4v) is 3.71. The molecule has 0 aliphatic carbocycles. The van der Waals surface area contributed by atoms with Crippen LogP contribution in [0.4, 0.5) is 0 Å². The summed E-state index contributed by atoms with van der Waals surface area (Å²) in [5, 5.41) is 0. The molecular formula is C30H24O5. The topological polar surface area (TPSA) is 69.7 Å². The van der Waals surface area contributed by atoms with Gasteiger partial charge in [-0.3, -0.25) is 9.59 Å². The van der Waals surface area contributed by atoms with Crippen molar-refractivity contribution in [2.24, 2.45) is 0 Å². The normalized spacial score (nSPS) is 10.4. The Balaban J connectivity index is 1.50. The van der Waals surface area contributed by atoms with Gasteiger partial charge in [-0.2, -0.15) is 0 Å². The molecule has 174 valence electrons. The minimum Gasteiger partial charge on any atom is -0.497 e. The number of benzene rings is 4. The molecule has 0 atom stereocenters. The summed E-state index contributed by atoms with van der Waals surface area (Å²) < 4.78 is 10.7. The van der Waals surface area contributed by atoms with Crippen molar-refractivity contribution in [1.29, 1.82) is 0 Å². The van der Waals surface area contributed by atoms with Crippen molar-refractivity contribution in [2.75, 3.05) is 7.11 Å². The summed E-state index contributed by atoms with van der Waals surface area (Å²) >= 11 is 0. The molecule has 0 aliphatic rings. The maximum absolute atomic E-state index is 13.3. The first-order valence-corrected chi connectivity index (χ1v) is 11.2. The SMILES string of the molecule is COc1ccc(C(=O)c2ccc(OC(=O)c3ccccc3)cc2)c(CCC(=O)c2ccccc2)c1. The van der Waals surface area contributed by atoms with Gasteiger partial charge in [0, 0.05) is 23.1 Å². The Labute approximate surface area is 204 Å². The Hall–Kier alpha value is -4.51. The van der Waals surface area contributed by atoms with E-state index in [4.69, 9.17) is 9.47 Å². The highest BCUT2D eigenvalue weighted by molar-refractivity contribution is 6.10. The molecule has 0 unspecified atom stereocenters. The van der Waals surface area contributed by atoms with E-state index in [1.54, 1.807) is 86.0 Å². The van der Waals surface area contributed by atoms with E-state index in [0.717, 1.165) is 5.56 Å². The molecule has 0 N–H and O–H groups in total. The van der Waals surface area contributed by atoms with Crippen LogP contribution in [0.15, 0.2) is 103 Å². The quantitative estimate of drug-likeness (QED) is 0.174. The van der Waals surface area contributed by atoms with Crippen LogP contribution < -0.4 is 9.47 Å². The first-order chi connectivity index (χ1) is 17.0. The highest BCUT2D eigenvalue weighted by atomic mass is 16.5. The van der Waals surface area contributed by atoms with Gasteiger partial charge >= 0.3 is 5.97 Å². The first kappa shape index (κ1) is 23.6. The number of Topliss-reactive ketones (excluding diaryl/α,β-unsaturated/α-hetero) is 1. The number of carbonyl (C=O) groups is 3. The van der Waals surface area contributed by atoms with Crippen molar-refractivity contribution in [3.05, 3.63) is 131 Å². The van der Waals surface area contributed by atoms with Crippen LogP contribution in [0.25, 0.3) is 0 Å². The lowest BCUT2D eigenvalue weighted by atomic mass is 9.94. The van der Waals surface area contributed by atoms with E-state index in [1.807, 2.05) is 24.3 Å². The number of esters is 1. The van der Waals surface area contributed by atoms with E-state index >= 15 is 0 Å². The fraction of sp³-hybridized carbons (Fsp3) is 0.100. The van der Waals surface area contributed by atoms with Crippen LogP contribution in [0, 0.1) is 0 Å². The number of methoxy groups -OCH3 is 1. The molecule has 0 spiro atoms. The molecule has 5 nitrogen and oxygen atoms in total. The zero-order valence-corrected chi connectivity index (χ0v) is 19.3. The zero-order chi connectivity index (χ0) is 24.6. The molecule has 0 saturated heterocycles. The Morgan fingerprint density at radius 3 is 1.89 bits per heavy atom. The van der Waals surface area contributed by atoms with Crippen LogP contribution in [0.1, 0.15) is 48.6 Å². The zero-order valence-electron chi connectivity index (χ0n) is 19.3. The molecule has 0 heterocycles. The van der Waals surface area contributed by atoms with Gasteiger partial charge in [0.1, 0.15) is 11.5 Å². The van der Waals surface area contributed by atoms with Gasteiger partial charge in [0.25, 0.3) is 0 Å². The largest absolute Gasteiger partial charge is 0.497 e. The summed E-state index contributed by atoms with van der Waals surface area (Å²) in [5.74, 6) is 0.322. The molecule has 0 amide bonds. The maximum Gasteiger partial charge on any atom is 0.343 e. The molecule has 0 bridgehead atoms. The highest BCUT2D eigenvalue weighted by Gasteiger charge is 2.17. The number of carbonyl (C=O) groups excluding carboxylic acids is 3. The maximum atomic E-state index is 13.3. The van der Waals surface area contributed by atoms with Gasteiger partial charge in [-0.15, -0.1) is 0 Å². The summed E-state index contributed by atoms with van der Waals surface area (Å²) in [7, 11) is 1.56. The highest BCUT2D eigenvalue weighted by Crippen LogP contribution is 2.24. The smallest absolute Gasteiger partial charge is 0.343 e. The summed E-state index contributed by atoms with van der Waals surface area (Å²) in [5.41, 5.74) is 2.77. The molecule has 4 aromatic rings. The number of ether oxygens (including phenoxy) is 2. The predicted octanol–water partition coefficient (Wildman–Crippen LogP) is 5.96. The van der Waals surface area contributed by atoms with Crippen molar-refractivity contribution >= 4 is 17.5 Å². The van der Waals surface area contributed by atoms with E-state index in [-0.39, 0.29) is 18.0 Å². The third-order valence-electron chi connectivity index (χ3n) is 5.61. The van der Waals surface area contributed by atoms with Crippen molar-refractivity contribution in [2.45, 2.75) is 12.8 Å². The minimum absolute atomic E-state index is 0.0106. The lowest BCUT2D eigenvalue weighted by Gasteiger charge is -2.12. The van der Waals surface area contributed by atoms with Gasteiger partial charge in [-0.05, 0) is 66.6 Å². The molecule has 0 fully saturated rings. The number of ketones is 2. The average molecular weight is 465 g/mol. The predicted molar refractivity (Wildman–Crippen MR) is 133 cm³/mol. The minimum atomic E-state index is -0.467. The van der Waals surface area contributed by atoms with E-state index < -0.39 is 5.97 Å². The third kappa shape index (κ3) is 5.89. The first-order valence-electron chi connectivity index (χ1n) is 11.2. The third-order valence-corrected chi connectivity index (χ3v) is 5.61. The second kappa shape index (κ2) is 11.1. The molecule has 4 rings (SSSR count). The monoisotopic (exact) mass is 464 g/mol. The lowest BCUT2D eigenvalue weighted by molar-refractivity contribution is 0.0734. The van der Waals surface area contributed by atoms with E-state index in [0.29, 0.717) is 40.2 Å². The molecule has 35 heavy (non-hydrogen) atoms. The number of rotatable bonds is 9. The van der Waals surface area contributed by atoms with Gasteiger partial charge in [0.15, 0.2) is 11.6 Å². The number of aryl methyl sites for hydroxylation is 1. The van der Waals surface area contributed by atoms with Crippen molar-refractivity contribution in [3.63, 3.8) is 0 Å². The number of hydrogen-bond donors (Lipinski definition) is 0. The Morgan fingerprint density at radius 2 is 1.26 bits per heavy atom. The van der Waals surface area contributed by atoms with Crippen molar-refractivity contribution in [1.82, 2.24) is 0 Å². The molecule has 4 aromatic carbocycles. The van der Waals surface area contributed by atoms with E-state index in [9.17, 15) is 14.4 Å². The van der Waals surface area contributed by atoms with E-state index in [1.165, 1.54) is 0 Å². The van der Waals surface area contributed by atoms with Crippen LogP contribution in [0.5, 0.6) is 11.5 Å². The summed E-state index contributed by atoms with van der Waals surface area (Å²) in [6.07, 6.45) is 0.671. The van der Waals surface area contributed by atoms with E-state index in [2.05, 4.69) is 0 Å². The summed E-state index contributed by atoms with van der Waals surface area (Å²) in [6, 6.07) is 29.5. The summed E-state index contributed by atoms with van der Waals surface area (Å²) in [4.78, 5) is 38.2. The van der Waals surface area contributed by atoms with Gasteiger partial charge in [-0.1, -0.05) is 48.5 Å². The number of hydrogen-bond acceptors (Lipinski definition) is 5.